The molecule has 18 heavy (non-hydrogen) atoms. The molecular weight excluding hydrogens is 229 g/mol. The molecule has 2 heterocycles. The fourth-order valence-corrected chi connectivity index (χ4v) is 2.33. The summed E-state index contributed by atoms with van der Waals surface area (Å²) in [6.45, 7) is 1.76. The van der Waals surface area contributed by atoms with Crippen molar-refractivity contribution in [3.05, 3.63) is 48.5 Å². The van der Waals surface area contributed by atoms with Gasteiger partial charge in [-0.05, 0) is 18.2 Å². The SMILES string of the molecule is CN1CCN(c2ccnc(F)c2)c2ccccc21. The molecular formula is C14H14FN3. The van der Waals surface area contributed by atoms with E-state index >= 15 is 0 Å². The Morgan fingerprint density at radius 1 is 1.11 bits per heavy atom. The minimum Gasteiger partial charge on any atom is -0.371 e. The van der Waals surface area contributed by atoms with Crippen molar-refractivity contribution in [3.63, 3.8) is 0 Å². The van der Waals surface area contributed by atoms with Gasteiger partial charge in [0.1, 0.15) is 0 Å². The Morgan fingerprint density at radius 3 is 2.67 bits per heavy atom. The number of nitrogens with zero attached hydrogens (tertiary/aromatic N) is 3. The van der Waals surface area contributed by atoms with Crippen molar-refractivity contribution in [1.82, 2.24) is 4.98 Å². The van der Waals surface area contributed by atoms with Crippen molar-refractivity contribution in [2.75, 3.05) is 29.9 Å². The molecule has 0 amide bonds. The maximum absolute atomic E-state index is 13.2. The molecule has 3 rings (SSSR count). The fourth-order valence-electron chi connectivity index (χ4n) is 2.33. The lowest BCUT2D eigenvalue weighted by atomic mass is 10.1. The molecule has 92 valence electrons. The van der Waals surface area contributed by atoms with Crippen LogP contribution in [0.25, 0.3) is 0 Å². The number of aromatic nitrogens is 1. The lowest BCUT2D eigenvalue weighted by Gasteiger charge is -2.36. The fraction of sp³-hybridized carbons (Fsp3) is 0.214. The molecule has 0 saturated carbocycles. The van der Waals surface area contributed by atoms with Crippen molar-refractivity contribution in [2.45, 2.75) is 0 Å². The number of fused-ring (bicyclic) bond motifs is 1. The van der Waals surface area contributed by atoms with Crippen LogP contribution in [0.4, 0.5) is 21.5 Å². The Balaban J connectivity index is 2.07. The van der Waals surface area contributed by atoms with Crippen LogP contribution in [0.3, 0.4) is 0 Å². The van der Waals surface area contributed by atoms with E-state index in [1.165, 1.54) is 18.0 Å². The Hall–Kier alpha value is -2.10. The van der Waals surface area contributed by atoms with Crippen molar-refractivity contribution < 1.29 is 4.39 Å². The van der Waals surface area contributed by atoms with Crippen LogP contribution in [-0.4, -0.2) is 25.1 Å². The average molecular weight is 243 g/mol. The quantitative estimate of drug-likeness (QED) is 0.718. The van der Waals surface area contributed by atoms with Crippen molar-refractivity contribution in [3.8, 4) is 0 Å². The zero-order valence-corrected chi connectivity index (χ0v) is 10.2. The third-order valence-corrected chi connectivity index (χ3v) is 3.26. The third kappa shape index (κ3) is 1.79. The first-order valence-corrected chi connectivity index (χ1v) is 5.95. The summed E-state index contributed by atoms with van der Waals surface area (Å²) in [7, 11) is 2.07. The van der Waals surface area contributed by atoms with Gasteiger partial charge in [0.15, 0.2) is 0 Å². The standard InChI is InChI=1S/C14H14FN3/c1-17-8-9-18(11-6-7-16-14(15)10-11)13-5-3-2-4-12(13)17/h2-7,10H,8-9H2,1H3. The topological polar surface area (TPSA) is 19.4 Å². The van der Waals surface area contributed by atoms with Crippen LogP contribution in [0, 0.1) is 5.95 Å². The Kier molecular flexibility index (Phi) is 2.63. The monoisotopic (exact) mass is 243 g/mol. The van der Waals surface area contributed by atoms with Gasteiger partial charge in [0.25, 0.3) is 0 Å². The van der Waals surface area contributed by atoms with Gasteiger partial charge in [-0.25, -0.2) is 4.98 Å². The van der Waals surface area contributed by atoms with Crippen molar-refractivity contribution >= 4 is 17.1 Å². The molecule has 3 nitrogen and oxygen atoms in total. The van der Waals surface area contributed by atoms with Gasteiger partial charge in [0, 0.05) is 38.1 Å². The average Bonchev–Trinajstić information content (AvgIpc) is 2.39. The Bertz CT molecular complexity index is 570. The second-order valence-electron chi connectivity index (χ2n) is 4.40. The normalized spacial score (nSPS) is 14.6. The van der Waals surface area contributed by atoms with Gasteiger partial charge in [-0.2, -0.15) is 4.39 Å². The summed E-state index contributed by atoms with van der Waals surface area (Å²) >= 11 is 0. The van der Waals surface area contributed by atoms with E-state index in [4.69, 9.17) is 0 Å². The van der Waals surface area contributed by atoms with Gasteiger partial charge >= 0.3 is 0 Å². The van der Waals surface area contributed by atoms with E-state index in [2.05, 4.69) is 34.0 Å². The molecule has 0 aliphatic carbocycles. The van der Waals surface area contributed by atoms with Gasteiger partial charge in [-0.3, -0.25) is 0 Å². The molecule has 0 spiro atoms. The van der Waals surface area contributed by atoms with Gasteiger partial charge < -0.3 is 9.80 Å². The first-order chi connectivity index (χ1) is 8.75. The molecule has 4 heteroatoms. The molecule has 1 aromatic carbocycles. The zero-order chi connectivity index (χ0) is 12.5. The Labute approximate surface area is 105 Å². The molecule has 0 fully saturated rings. The van der Waals surface area contributed by atoms with Gasteiger partial charge in [-0.1, -0.05) is 12.1 Å². The number of anilines is 3. The number of hydrogen-bond acceptors (Lipinski definition) is 3. The van der Waals surface area contributed by atoms with Crippen LogP contribution in [0.1, 0.15) is 0 Å². The minimum absolute atomic E-state index is 0.441. The number of hydrogen-bond donors (Lipinski definition) is 0. The van der Waals surface area contributed by atoms with E-state index in [1.807, 2.05) is 18.2 Å². The second-order valence-corrected chi connectivity index (χ2v) is 4.40. The minimum atomic E-state index is -0.441. The predicted octanol–water partition coefficient (Wildman–Crippen LogP) is 2.81. The number of rotatable bonds is 1. The van der Waals surface area contributed by atoms with E-state index < -0.39 is 5.95 Å². The van der Waals surface area contributed by atoms with Gasteiger partial charge in [0.2, 0.25) is 5.95 Å². The first kappa shape index (κ1) is 11.0. The van der Waals surface area contributed by atoms with Crippen LogP contribution in [0.2, 0.25) is 0 Å². The smallest absolute Gasteiger partial charge is 0.214 e. The summed E-state index contributed by atoms with van der Waals surface area (Å²) in [6.07, 6.45) is 1.51. The number of halogens is 1. The summed E-state index contributed by atoms with van der Waals surface area (Å²) in [5.41, 5.74) is 3.13. The number of pyridine rings is 1. The highest BCUT2D eigenvalue weighted by Gasteiger charge is 2.21. The summed E-state index contributed by atoms with van der Waals surface area (Å²) < 4.78 is 13.2. The zero-order valence-electron chi connectivity index (χ0n) is 10.2. The molecule has 1 aliphatic rings. The van der Waals surface area contributed by atoms with E-state index in [0.717, 1.165) is 24.5 Å². The molecule has 2 aromatic rings. The highest BCUT2D eigenvalue weighted by molar-refractivity contribution is 5.78. The molecule has 0 radical (unpaired) electrons. The molecule has 0 saturated heterocycles. The van der Waals surface area contributed by atoms with Crippen molar-refractivity contribution in [1.29, 1.82) is 0 Å². The number of benzene rings is 1. The van der Waals surface area contributed by atoms with E-state index in [0.29, 0.717) is 0 Å². The summed E-state index contributed by atoms with van der Waals surface area (Å²) in [5.74, 6) is -0.441. The number of para-hydroxylation sites is 2. The summed E-state index contributed by atoms with van der Waals surface area (Å²) in [5, 5.41) is 0. The van der Waals surface area contributed by atoms with E-state index in [9.17, 15) is 4.39 Å². The lowest BCUT2D eigenvalue weighted by molar-refractivity contribution is 0.583. The maximum Gasteiger partial charge on any atom is 0.214 e. The first-order valence-electron chi connectivity index (χ1n) is 5.95. The maximum atomic E-state index is 13.2. The van der Waals surface area contributed by atoms with E-state index in [1.54, 1.807) is 0 Å². The van der Waals surface area contributed by atoms with Crippen LogP contribution >= 0.6 is 0 Å². The molecule has 1 aromatic heterocycles. The second kappa shape index (κ2) is 4.29. The summed E-state index contributed by atoms with van der Waals surface area (Å²) in [4.78, 5) is 7.94. The molecule has 1 aliphatic heterocycles. The largest absolute Gasteiger partial charge is 0.371 e. The van der Waals surface area contributed by atoms with Crippen LogP contribution in [0.15, 0.2) is 42.6 Å². The van der Waals surface area contributed by atoms with Crippen LogP contribution in [-0.2, 0) is 0 Å². The highest BCUT2D eigenvalue weighted by Crippen LogP contribution is 2.36. The van der Waals surface area contributed by atoms with Crippen LogP contribution < -0.4 is 9.80 Å². The van der Waals surface area contributed by atoms with Gasteiger partial charge in [-0.15, -0.1) is 0 Å². The van der Waals surface area contributed by atoms with E-state index in [-0.39, 0.29) is 0 Å². The lowest BCUT2D eigenvalue weighted by Crippen LogP contribution is -2.36. The molecule has 0 atom stereocenters. The predicted molar refractivity (Wildman–Crippen MR) is 70.9 cm³/mol. The Morgan fingerprint density at radius 2 is 1.89 bits per heavy atom. The molecule has 0 bridgehead atoms. The molecule has 0 N–H and O–H groups in total. The molecule has 0 unspecified atom stereocenters. The summed E-state index contributed by atoms with van der Waals surface area (Å²) in [6, 6.07) is 11.5. The number of likely N-dealkylation sites (N-methyl/N-ethyl adjacent to an activating group) is 1. The van der Waals surface area contributed by atoms with Gasteiger partial charge in [0.05, 0.1) is 11.4 Å². The van der Waals surface area contributed by atoms with Crippen LogP contribution in [0.5, 0.6) is 0 Å². The highest BCUT2D eigenvalue weighted by atomic mass is 19.1. The third-order valence-electron chi connectivity index (χ3n) is 3.26. The van der Waals surface area contributed by atoms with Crippen molar-refractivity contribution in [2.24, 2.45) is 0 Å².